The van der Waals surface area contributed by atoms with E-state index in [9.17, 15) is 19.2 Å². The van der Waals surface area contributed by atoms with E-state index in [2.05, 4.69) is 57.2 Å². The maximum absolute atomic E-state index is 13.2. The second-order valence-electron chi connectivity index (χ2n) is 20.7. The molecule has 10 nitrogen and oxygen atoms in total. The predicted molar refractivity (Wildman–Crippen MR) is 300 cm³/mol. The second kappa shape index (κ2) is 55.6. The lowest BCUT2D eigenvalue weighted by Crippen LogP contribution is -2.31. The van der Waals surface area contributed by atoms with Gasteiger partial charge in [0, 0.05) is 25.8 Å². The van der Waals surface area contributed by atoms with E-state index >= 15 is 0 Å². The highest BCUT2D eigenvalue weighted by Crippen LogP contribution is 2.18. The molecule has 0 saturated heterocycles. The molecule has 0 saturated carbocycles. The zero-order valence-electron chi connectivity index (χ0n) is 47.6. The number of unbranched alkanes of at least 4 members (excludes halogenated alkanes) is 28. The predicted octanol–water partition coefficient (Wildman–Crippen LogP) is 17.8. The van der Waals surface area contributed by atoms with E-state index in [-0.39, 0.29) is 44.3 Å². The number of nitrogens with zero attached hydrogens (tertiary/aromatic N) is 1. The van der Waals surface area contributed by atoms with E-state index in [1.807, 2.05) is 19.0 Å². The van der Waals surface area contributed by atoms with Crippen LogP contribution in [0.1, 0.15) is 284 Å². The van der Waals surface area contributed by atoms with Crippen molar-refractivity contribution >= 4 is 24.1 Å². The van der Waals surface area contributed by atoms with Crippen LogP contribution in [-0.4, -0.2) is 81.6 Å². The summed E-state index contributed by atoms with van der Waals surface area (Å²) in [6, 6.07) is 0. The van der Waals surface area contributed by atoms with Gasteiger partial charge < -0.3 is 28.6 Å². The van der Waals surface area contributed by atoms with E-state index < -0.39 is 18.2 Å². The zero-order chi connectivity index (χ0) is 52.6. The van der Waals surface area contributed by atoms with Crippen molar-refractivity contribution in [1.29, 1.82) is 0 Å². The third-order valence-electron chi connectivity index (χ3n) is 13.2. The van der Waals surface area contributed by atoms with E-state index in [4.69, 9.17) is 23.7 Å². The Labute approximate surface area is 443 Å². The molecule has 0 rings (SSSR count). The first-order chi connectivity index (χ1) is 35.2. The topological polar surface area (TPSA) is 118 Å². The van der Waals surface area contributed by atoms with Crippen molar-refractivity contribution in [1.82, 2.24) is 4.90 Å². The fourth-order valence-corrected chi connectivity index (χ4v) is 8.60. The lowest BCUT2D eigenvalue weighted by Gasteiger charge is -2.20. The van der Waals surface area contributed by atoms with Gasteiger partial charge in [-0.05, 0) is 117 Å². The summed E-state index contributed by atoms with van der Waals surface area (Å²) >= 11 is 0. The molecule has 0 aromatic heterocycles. The molecule has 0 aliphatic carbocycles. The lowest BCUT2D eigenvalue weighted by atomic mass is 10.0. The molecular formula is C62H113NO9. The summed E-state index contributed by atoms with van der Waals surface area (Å²) < 4.78 is 28.1. The van der Waals surface area contributed by atoms with Crippen molar-refractivity contribution in [2.45, 2.75) is 296 Å². The average molecular weight is 1020 g/mol. The highest BCUT2D eigenvalue weighted by Gasteiger charge is 2.21. The summed E-state index contributed by atoms with van der Waals surface area (Å²) in [6.07, 6.45) is 54.5. The number of hydrogen-bond donors (Lipinski definition) is 0. The molecular weight excluding hydrogens is 903 g/mol. The molecule has 0 aliphatic heterocycles. The molecule has 0 aromatic carbocycles. The van der Waals surface area contributed by atoms with Crippen LogP contribution in [0.15, 0.2) is 36.5 Å². The molecule has 10 heteroatoms. The van der Waals surface area contributed by atoms with Gasteiger partial charge in [-0.3, -0.25) is 14.4 Å². The molecule has 0 aromatic rings. The van der Waals surface area contributed by atoms with Crippen molar-refractivity contribution in [3.63, 3.8) is 0 Å². The van der Waals surface area contributed by atoms with E-state index in [1.54, 1.807) is 0 Å². The average Bonchev–Trinajstić information content (AvgIpc) is 3.36. The van der Waals surface area contributed by atoms with Crippen molar-refractivity contribution < 1.29 is 42.9 Å². The van der Waals surface area contributed by atoms with Gasteiger partial charge in [-0.2, -0.15) is 0 Å². The maximum atomic E-state index is 13.2. The Kier molecular flexibility index (Phi) is 53.2. The number of rotatable bonds is 54. The standard InChI is InChI=1S/C62H113NO9/c1-6-9-12-15-18-21-24-26-28-30-32-35-38-41-44-50-59(64)69-55-58(56-70-60(65)51-45-42-39-36-33-31-29-27-25-22-19-16-13-10-7-2)71-61(66)52-46-49-57(72-62(67)68-54-47-53-63(4)5)48-43-40-37-34-23-20-17-14-11-8-3/h18,21,26-29,57-58H,6-17,19-20,22-25,30-56H2,1-5H3/b21-18-,28-26-,29-27-. The minimum Gasteiger partial charge on any atom is -0.462 e. The van der Waals surface area contributed by atoms with Crippen molar-refractivity contribution in [3.8, 4) is 0 Å². The monoisotopic (exact) mass is 1020 g/mol. The van der Waals surface area contributed by atoms with Gasteiger partial charge >= 0.3 is 24.1 Å². The van der Waals surface area contributed by atoms with Crippen LogP contribution >= 0.6 is 0 Å². The molecule has 0 spiro atoms. The number of allylic oxidation sites excluding steroid dienone is 6. The molecule has 420 valence electrons. The minimum absolute atomic E-state index is 0.0923. The van der Waals surface area contributed by atoms with Crippen LogP contribution < -0.4 is 0 Å². The first-order valence-corrected chi connectivity index (χ1v) is 30.1. The van der Waals surface area contributed by atoms with Gasteiger partial charge in [-0.25, -0.2) is 4.79 Å². The maximum Gasteiger partial charge on any atom is 0.508 e. The molecule has 0 amide bonds. The second-order valence-corrected chi connectivity index (χ2v) is 20.7. The molecule has 0 bridgehead atoms. The third-order valence-corrected chi connectivity index (χ3v) is 13.2. The Morgan fingerprint density at radius 1 is 0.375 bits per heavy atom. The third kappa shape index (κ3) is 53.2. The van der Waals surface area contributed by atoms with Crippen LogP contribution in [0.4, 0.5) is 4.79 Å². The molecule has 0 aliphatic rings. The Morgan fingerprint density at radius 2 is 0.750 bits per heavy atom. The van der Waals surface area contributed by atoms with Gasteiger partial charge in [0.2, 0.25) is 0 Å². The first kappa shape index (κ1) is 68.9. The van der Waals surface area contributed by atoms with Crippen LogP contribution in [0.5, 0.6) is 0 Å². The SMILES string of the molecule is CCCCC/C=C\C/C=C\CCCCCCCC(=O)OCC(COC(=O)CCCCCCC/C=C\CCCCCCCC)OC(=O)CCCC(CCCCCCCCCCCC)OC(=O)OCCCN(C)C. The fraction of sp³-hybridized carbons (Fsp3) is 0.839. The Balaban J connectivity index is 5.00. The first-order valence-electron chi connectivity index (χ1n) is 30.1. The van der Waals surface area contributed by atoms with Crippen molar-refractivity contribution in [3.05, 3.63) is 36.5 Å². The van der Waals surface area contributed by atoms with Gasteiger partial charge in [-0.1, -0.05) is 198 Å². The van der Waals surface area contributed by atoms with Crippen LogP contribution in [0, 0.1) is 0 Å². The smallest absolute Gasteiger partial charge is 0.462 e. The van der Waals surface area contributed by atoms with Gasteiger partial charge in [0.15, 0.2) is 6.10 Å². The largest absolute Gasteiger partial charge is 0.508 e. The number of hydrogen-bond acceptors (Lipinski definition) is 10. The summed E-state index contributed by atoms with van der Waals surface area (Å²) in [7, 11) is 3.96. The number of carbonyl (C=O) groups excluding carboxylic acids is 4. The van der Waals surface area contributed by atoms with Gasteiger partial charge in [0.1, 0.15) is 19.3 Å². The Bertz CT molecular complexity index is 1310. The Morgan fingerprint density at radius 3 is 1.22 bits per heavy atom. The molecule has 2 unspecified atom stereocenters. The van der Waals surface area contributed by atoms with E-state index in [0.29, 0.717) is 32.1 Å². The van der Waals surface area contributed by atoms with Crippen LogP contribution in [-0.2, 0) is 38.1 Å². The normalized spacial score (nSPS) is 12.6. The molecule has 0 N–H and O–H groups in total. The lowest BCUT2D eigenvalue weighted by molar-refractivity contribution is -0.167. The van der Waals surface area contributed by atoms with Crippen molar-refractivity contribution in [2.24, 2.45) is 0 Å². The van der Waals surface area contributed by atoms with E-state index in [0.717, 1.165) is 116 Å². The van der Waals surface area contributed by atoms with Crippen LogP contribution in [0.2, 0.25) is 0 Å². The Hall–Kier alpha value is -3.14. The molecule has 72 heavy (non-hydrogen) atoms. The molecule has 0 fully saturated rings. The van der Waals surface area contributed by atoms with Crippen LogP contribution in [0.25, 0.3) is 0 Å². The van der Waals surface area contributed by atoms with E-state index in [1.165, 1.54) is 116 Å². The van der Waals surface area contributed by atoms with Crippen molar-refractivity contribution in [2.75, 3.05) is 40.5 Å². The highest BCUT2D eigenvalue weighted by atomic mass is 16.7. The molecule has 0 heterocycles. The highest BCUT2D eigenvalue weighted by molar-refractivity contribution is 5.71. The summed E-state index contributed by atoms with van der Waals surface area (Å²) in [5.41, 5.74) is 0. The van der Waals surface area contributed by atoms with Gasteiger partial charge in [0.05, 0.1) is 6.61 Å². The van der Waals surface area contributed by atoms with Gasteiger partial charge in [0.25, 0.3) is 0 Å². The summed E-state index contributed by atoms with van der Waals surface area (Å²) in [6.45, 7) is 7.49. The summed E-state index contributed by atoms with van der Waals surface area (Å²) in [5, 5.41) is 0. The summed E-state index contributed by atoms with van der Waals surface area (Å²) in [5.74, 6) is -1.16. The molecule has 2 atom stereocenters. The van der Waals surface area contributed by atoms with Crippen LogP contribution in [0.3, 0.4) is 0 Å². The fourth-order valence-electron chi connectivity index (χ4n) is 8.60. The quantitative estimate of drug-likeness (QED) is 0.0252. The minimum atomic E-state index is -0.903. The number of ether oxygens (including phenoxy) is 5. The number of esters is 3. The zero-order valence-corrected chi connectivity index (χ0v) is 47.6. The summed E-state index contributed by atoms with van der Waals surface area (Å²) in [4.78, 5) is 53.5. The molecule has 0 radical (unpaired) electrons. The number of carbonyl (C=O) groups is 4. The van der Waals surface area contributed by atoms with Gasteiger partial charge in [-0.15, -0.1) is 0 Å².